The summed E-state index contributed by atoms with van der Waals surface area (Å²) in [7, 11) is 1.95. The Bertz CT molecular complexity index is 100. The number of rotatable bonds is 0. The molecule has 4 heteroatoms. The van der Waals surface area contributed by atoms with Gasteiger partial charge in [0.25, 0.3) is 0 Å². The van der Waals surface area contributed by atoms with Crippen molar-refractivity contribution in [2.45, 2.75) is 0 Å². The maximum absolute atomic E-state index is 5.30. The average molecular weight is 117 g/mol. The molecule has 0 aromatic heterocycles. The molecule has 0 atom stereocenters. The van der Waals surface area contributed by atoms with Gasteiger partial charge in [0.05, 0.1) is 0 Å². The molecule has 0 aliphatic carbocycles. The van der Waals surface area contributed by atoms with Crippen LogP contribution in [0.2, 0.25) is 0 Å². The molecule has 0 aromatic rings. The molecule has 1 aliphatic rings. The first-order chi connectivity index (χ1) is 3.29. The van der Waals surface area contributed by atoms with Crippen molar-refractivity contribution in [1.29, 1.82) is 0 Å². The van der Waals surface area contributed by atoms with Gasteiger partial charge in [-0.3, -0.25) is 0 Å². The second kappa shape index (κ2) is 1.71. The smallest absolute Gasteiger partial charge is 0.170 e. The van der Waals surface area contributed by atoms with Crippen LogP contribution in [0.1, 0.15) is 0 Å². The van der Waals surface area contributed by atoms with E-state index in [0.717, 1.165) is 6.67 Å². The maximum Gasteiger partial charge on any atom is 0.170 e. The quantitative estimate of drug-likeness (QED) is 0.449. The molecule has 7 heavy (non-hydrogen) atoms. The summed E-state index contributed by atoms with van der Waals surface area (Å²) in [5.41, 5.74) is 5.30. The molecule has 40 valence electrons. The van der Waals surface area contributed by atoms with Gasteiger partial charge in [-0.2, -0.15) is 0 Å². The van der Waals surface area contributed by atoms with Crippen LogP contribution in [0.15, 0.2) is 4.99 Å². The molecule has 2 N–H and O–H groups in total. The van der Waals surface area contributed by atoms with Crippen molar-refractivity contribution in [3.05, 3.63) is 0 Å². The van der Waals surface area contributed by atoms with Gasteiger partial charge in [0, 0.05) is 0 Å². The van der Waals surface area contributed by atoms with E-state index < -0.39 is 0 Å². The molecule has 0 spiro atoms. The van der Waals surface area contributed by atoms with E-state index in [4.69, 9.17) is 5.73 Å². The second-order valence-corrected chi connectivity index (χ2v) is 2.58. The highest BCUT2D eigenvalue weighted by atomic mass is 32.2. The lowest BCUT2D eigenvalue weighted by Gasteiger charge is -1.98. The topological polar surface area (TPSA) is 41.6 Å². The van der Waals surface area contributed by atoms with Gasteiger partial charge in [-0.25, -0.2) is 9.30 Å². The lowest BCUT2D eigenvalue weighted by Crippen LogP contribution is -2.06. The molecular formula is C3H7N3S. The van der Waals surface area contributed by atoms with Gasteiger partial charge in [-0.05, 0) is 19.0 Å². The fourth-order valence-corrected chi connectivity index (χ4v) is 0.937. The fraction of sp³-hybridized carbons (Fsp3) is 0.667. The lowest BCUT2D eigenvalue weighted by atomic mass is 11.0. The molecule has 0 radical (unpaired) electrons. The highest BCUT2D eigenvalue weighted by Gasteiger charge is 2.06. The Kier molecular flexibility index (Phi) is 1.21. The van der Waals surface area contributed by atoms with Crippen LogP contribution < -0.4 is 5.73 Å². The number of amidine groups is 1. The minimum absolute atomic E-state index is 0.669. The maximum atomic E-state index is 5.30. The standard InChI is InChI=1S/C3H7N3S/c1-6-2-5-3(4)7-6/h2H2,1H3,(H2,4,5). The SMILES string of the molecule is CN1CN=C(N)S1. The van der Waals surface area contributed by atoms with Gasteiger partial charge in [-0.15, -0.1) is 0 Å². The van der Waals surface area contributed by atoms with Crippen LogP contribution in [0, 0.1) is 0 Å². The first kappa shape index (κ1) is 4.93. The average Bonchev–Trinajstić information content (AvgIpc) is 1.87. The highest BCUT2D eigenvalue weighted by Crippen LogP contribution is 2.11. The molecule has 0 saturated carbocycles. The molecular weight excluding hydrogens is 110 g/mol. The summed E-state index contributed by atoms with van der Waals surface area (Å²) >= 11 is 1.48. The van der Waals surface area contributed by atoms with Crippen LogP contribution in [-0.4, -0.2) is 23.2 Å². The first-order valence-corrected chi connectivity index (χ1v) is 2.75. The van der Waals surface area contributed by atoms with Crippen LogP contribution in [0.3, 0.4) is 0 Å². The van der Waals surface area contributed by atoms with E-state index in [-0.39, 0.29) is 0 Å². The third-order valence-electron chi connectivity index (χ3n) is 0.675. The van der Waals surface area contributed by atoms with E-state index >= 15 is 0 Å². The zero-order valence-corrected chi connectivity index (χ0v) is 4.90. The lowest BCUT2D eigenvalue weighted by molar-refractivity contribution is 0.604. The Hall–Kier alpha value is -0.220. The van der Waals surface area contributed by atoms with Crippen LogP contribution in [0.25, 0.3) is 0 Å². The van der Waals surface area contributed by atoms with E-state index in [9.17, 15) is 0 Å². The third-order valence-corrected chi connectivity index (χ3v) is 1.42. The molecule has 0 aromatic carbocycles. The summed E-state index contributed by atoms with van der Waals surface area (Å²) in [4.78, 5) is 3.90. The minimum atomic E-state index is 0.669. The molecule has 0 unspecified atom stereocenters. The summed E-state index contributed by atoms with van der Waals surface area (Å²) in [6.07, 6.45) is 0. The number of nitrogens with zero attached hydrogens (tertiary/aromatic N) is 2. The van der Waals surface area contributed by atoms with Gasteiger partial charge < -0.3 is 5.73 Å². The van der Waals surface area contributed by atoms with Gasteiger partial charge in [0.15, 0.2) is 5.17 Å². The summed E-state index contributed by atoms with van der Waals surface area (Å²) < 4.78 is 1.97. The Labute approximate surface area is 46.7 Å². The minimum Gasteiger partial charge on any atom is -0.377 e. The number of aliphatic imine (C=N–C) groups is 1. The van der Waals surface area contributed by atoms with Crippen LogP contribution in [0.5, 0.6) is 0 Å². The molecule has 1 rings (SSSR count). The third kappa shape index (κ3) is 1.07. The van der Waals surface area contributed by atoms with E-state index in [1.165, 1.54) is 11.9 Å². The monoisotopic (exact) mass is 117 g/mol. The Morgan fingerprint density at radius 1 is 2.00 bits per heavy atom. The van der Waals surface area contributed by atoms with Crippen LogP contribution in [0.4, 0.5) is 0 Å². The predicted octanol–water partition coefficient (Wildman–Crippen LogP) is -0.148. The normalized spacial score (nSPS) is 22.7. The van der Waals surface area contributed by atoms with E-state index in [1.807, 2.05) is 11.4 Å². The van der Waals surface area contributed by atoms with Gasteiger partial charge in [0.1, 0.15) is 6.67 Å². The fourth-order valence-electron chi connectivity index (χ4n) is 0.387. The van der Waals surface area contributed by atoms with Gasteiger partial charge >= 0.3 is 0 Å². The van der Waals surface area contributed by atoms with Crippen molar-refractivity contribution in [2.75, 3.05) is 13.7 Å². The molecule has 0 bridgehead atoms. The molecule has 1 heterocycles. The number of hydrogen-bond donors (Lipinski definition) is 1. The Morgan fingerprint density at radius 3 is 2.86 bits per heavy atom. The summed E-state index contributed by atoms with van der Waals surface area (Å²) in [6.45, 7) is 0.733. The molecule has 0 fully saturated rings. The van der Waals surface area contributed by atoms with Crippen molar-refractivity contribution in [2.24, 2.45) is 10.7 Å². The summed E-state index contributed by atoms with van der Waals surface area (Å²) in [5.74, 6) is 0. The van der Waals surface area contributed by atoms with Crippen molar-refractivity contribution in [3.8, 4) is 0 Å². The van der Waals surface area contributed by atoms with Crippen molar-refractivity contribution in [3.63, 3.8) is 0 Å². The Morgan fingerprint density at radius 2 is 2.71 bits per heavy atom. The van der Waals surface area contributed by atoms with Crippen molar-refractivity contribution >= 4 is 17.1 Å². The molecule has 3 nitrogen and oxygen atoms in total. The molecule has 0 amide bonds. The van der Waals surface area contributed by atoms with E-state index in [1.54, 1.807) is 0 Å². The van der Waals surface area contributed by atoms with Crippen LogP contribution >= 0.6 is 11.9 Å². The Balaban J connectivity index is 2.42. The zero-order chi connectivity index (χ0) is 5.28. The predicted molar refractivity (Wildman–Crippen MR) is 31.8 cm³/mol. The van der Waals surface area contributed by atoms with E-state index in [0.29, 0.717) is 5.17 Å². The van der Waals surface area contributed by atoms with Gasteiger partial charge in [0.2, 0.25) is 0 Å². The largest absolute Gasteiger partial charge is 0.377 e. The number of hydrogen-bond acceptors (Lipinski definition) is 4. The molecule has 1 aliphatic heterocycles. The highest BCUT2D eigenvalue weighted by molar-refractivity contribution is 8.12. The summed E-state index contributed by atoms with van der Waals surface area (Å²) in [5, 5.41) is 0.669. The molecule has 0 saturated heterocycles. The van der Waals surface area contributed by atoms with Crippen molar-refractivity contribution < 1.29 is 0 Å². The summed E-state index contributed by atoms with van der Waals surface area (Å²) in [6, 6.07) is 0. The second-order valence-electron chi connectivity index (χ2n) is 1.36. The first-order valence-electron chi connectivity index (χ1n) is 1.98. The van der Waals surface area contributed by atoms with Crippen LogP contribution in [-0.2, 0) is 0 Å². The zero-order valence-electron chi connectivity index (χ0n) is 4.09. The van der Waals surface area contributed by atoms with Gasteiger partial charge in [-0.1, -0.05) is 0 Å². The number of nitrogens with two attached hydrogens (primary N) is 1. The van der Waals surface area contributed by atoms with Crippen molar-refractivity contribution in [1.82, 2.24) is 4.31 Å². The van der Waals surface area contributed by atoms with E-state index in [2.05, 4.69) is 4.99 Å².